The minimum absolute atomic E-state index is 0.274. The van der Waals surface area contributed by atoms with Crippen LogP contribution in [0.15, 0.2) is 18.2 Å². The molecule has 2 aliphatic rings. The molecule has 1 saturated carbocycles. The Morgan fingerprint density at radius 1 is 1.37 bits per heavy atom. The number of amides is 1. The van der Waals surface area contributed by atoms with Gasteiger partial charge in [0.05, 0.1) is 7.11 Å². The van der Waals surface area contributed by atoms with E-state index in [1.165, 1.54) is 0 Å². The second kappa shape index (κ2) is 3.98. The number of hydrogen-bond acceptors (Lipinski definition) is 3. The summed E-state index contributed by atoms with van der Waals surface area (Å²) >= 11 is 0. The third-order valence-corrected chi connectivity index (χ3v) is 4.00. The summed E-state index contributed by atoms with van der Waals surface area (Å²) in [4.78, 5) is 25.2. The van der Waals surface area contributed by atoms with E-state index in [-0.39, 0.29) is 5.91 Å². The second-order valence-corrected chi connectivity index (χ2v) is 5.09. The monoisotopic (exact) mass is 261 g/mol. The fraction of sp³-hybridized carbons (Fsp3) is 0.429. The number of methoxy groups -OCH3 is 1. The Balaban J connectivity index is 1.91. The van der Waals surface area contributed by atoms with E-state index in [0.29, 0.717) is 19.4 Å². The number of benzene rings is 1. The Hall–Kier alpha value is -2.04. The summed E-state index contributed by atoms with van der Waals surface area (Å²) in [6, 6.07) is 5.53. The molecule has 5 nitrogen and oxygen atoms in total. The number of carbonyl (C=O) groups is 2. The van der Waals surface area contributed by atoms with Crippen LogP contribution in [0.5, 0.6) is 5.75 Å². The summed E-state index contributed by atoms with van der Waals surface area (Å²) in [5.41, 5.74) is 0.689. The number of nitrogens with zero attached hydrogens (tertiary/aromatic N) is 1. The van der Waals surface area contributed by atoms with Crippen molar-refractivity contribution in [2.45, 2.75) is 19.3 Å². The van der Waals surface area contributed by atoms with Crippen LogP contribution in [0.1, 0.15) is 18.4 Å². The molecule has 0 radical (unpaired) electrons. The molecule has 1 aliphatic heterocycles. The predicted molar refractivity (Wildman–Crippen MR) is 68.4 cm³/mol. The van der Waals surface area contributed by atoms with Crippen LogP contribution < -0.4 is 9.64 Å². The summed E-state index contributed by atoms with van der Waals surface area (Å²) in [6.45, 7) is 0.552. The molecule has 0 spiro atoms. The number of rotatable bonds is 3. The molecular formula is C14H15NO4. The maximum absolute atomic E-state index is 12.4. The van der Waals surface area contributed by atoms with Crippen molar-refractivity contribution in [1.82, 2.24) is 0 Å². The number of anilines is 1. The van der Waals surface area contributed by atoms with Crippen LogP contribution in [0.2, 0.25) is 0 Å². The van der Waals surface area contributed by atoms with Crippen LogP contribution >= 0.6 is 0 Å². The van der Waals surface area contributed by atoms with E-state index in [0.717, 1.165) is 23.4 Å². The maximum atomic E-state index is 12.4. The van der Waals surface area contributed by atoms with E-state index >= 15 is 0 Å². The van der Waals surface area contributed by atoms with Crippen LogP contribution in [0.4, 0.5) is 5.69 Å². The molecule has 1 aromatic carbocycles. The largest absolute Gasteiger partial charge is 0.497 e. The Labute approximate surface area is 110 Å². The van der Waals surface area contributed by atoms with Gasteiger partial charge in [-0.15, -0.1) is 0 Å². The van der Waals surface area contributed by atoms with Crippen LogP contribution in [-0.2, 0) is 16.0 Å². The van der Waals surface area contributed by atoms with Gasteiger partial charge in [0, 0.05) is 12.2 Å². The zero-order valence-electron chi connectivity index (χ0n) is 10.7. The first-order valence-corrected chi connectivity index (χ1v) is 6.31. The Morgan fingerprint density at radius 3 is 2.68 bits per heavy atom. The third kappa shape index (κ3) is 1.69. The van der Waals surface area contributed by atoms with E-state index in [9.17, 15) is 14.7 Å². The molecular weight excluding hydrogens is 246 g/mol. The number of hydrogen-bond donors (Lipinski definition) is 1. The fourth-order valence-corrected chi connectivity index (χ4v) is 2.62. The van der Waals surface area contributed by atoms with E-state index < -0.39 is 11.4 Å². The van der Waals surface area contributed by atoms with Gasteiger partial charge in [0.15, 0.2) is 0 Å². The van der Waals surface area contributed by atoms with Crippen molar-refractivity contribution in [1.29, 1.82) is 0 Å². The highest BCUT2D eigenvalue weighted by molar-refractivity contribution is 6.12. The number of ether oxygens (including phenoxy) is 1. The molecule has 0 aromatic heterocycles. The highest BCUT2D eigenvalue weighted by atomic mass is 16.5. The van der Waals surface area contributed by atoms with Crippen molar-refractivity contribution in [2.75, 3.05) is 18.6 Å². The van der Waals surface area contributed by atoms with Gasteiger partial charge in [0.1, 0.15) is 11.2 Å². The lowest BCUT2D eigenvalue weighted by Gasteiger charge is -2.21. The number of aliphatic carboxylic acids is 1. The Bertz CT molecular complexity index is 563. The first kappa shape index (κ1) is 12.0. The number of carbonyl (C=O) groups excluding carboxylic acids is 1. The molecule has 1 heterocycles. The van der Waals surface area contributed by atoms with Gasteiger partial charge in [-0.25, -0.2) is 0 Å². The van der Waals surface area contributed by atoms with Gasteiger partial charge in [-0.2, -0.15) is 0 Å². The molecule has 19 heavy (non-hydrogen) atoms. The summed E-state index contributed by atoms with van der Waals surface area (Å²) in [5.74, 6) is -0.518. The van der Waals surface area contributed by atoms with E-state index in [1.54, 1.807) is 18.1 Å². The molecule has 0 saturated heterocycles. The van der Waals surface area contributed by atoms with Crippen molar-refractivity contribution in [3.05, 3.63) is 23.8 Å². The average Bonchev–Trinajstić information content (AvgIpc) is 3.12. The van der Waals surface area contributed by atoms with Crippen molar-refractivity contribution in [2.24, 2.45) is 5.41 Å². The van der Waals surface area contributed by atoms with Crippen molar-refractivity contribution in [3.63, 3.8) is 0 Å². The number of fused-ring (bicyclic) bond motifs is 1. The first-order valence-electron chi connectivity index (χ1n) is 6.31. The van der Waals surface area contributed by atoms with Crippen LogP contribution in [0.3, 0.4) is 0 Å². The molecule has 3 rings (SSSR count). The molecule has 1 fully saturated rings. The summed E-state index contributed by atoms with van der Waals surface area (Å²) in [7, 11) is 1.60. The second-order valence-electron chi connectivity index (χ2n) is 5.09. The van der Waals surface area contributed by atoms with Crippen LogP contribution in [0, 0.1) is 5.41 Å². The van der Waals surface area contributed by atoms with Gasteiger partial charge < -0.3 is 14.7 Å². The Kier molecular flexibility index (Phi) is 2.52. The normalized spacial score (nSPS) is 18.9. The highest BCUT2D eigenvalue weighted by Crippen LogP contribution is 2.49. The van der Waals surface area contributed by atoms with E-state index in [4.69, 9.17) is 4.74 Å². The summed E-state index contributed by atoms with van der Waals surface area (Å²) in [5, 5.41) is 9.20. The molecule has 0 atom stereocenters. The number of carboxylic acids is 1. The molecule has 0 bridgehead atoms. The fourth-order valence-electron chi connectivity index (χ4n) is 2.62. The van der Waals surface area contributed by atoms with E-state index in [1.807, 2.05) is 12.1 Å². The van der Waals surface area contributed by atoms with Gasteiger partial charge >= 0.3 is 5.97 Å². The lowest BCUT2D eigenvalue weighted by atomic mass is 10.1. The number of carboxylic acid groups (broad SMARTS) is 1. The summed E-state index contributed by atoms with van der Waals surface area (Å²) in [6.07, 6.45) is 1.64. The van der Waals surface area contributed by atoms with Crippen LogP contribution in [0.25, 0.3) is 0 Å². The first-order chi connectivity index (χ1) is 9.08. The molecule has 0 unspecified atom stereocenters. The average molecular weight is 261 g/mol. The zero-order chi connectivity index (χ0) is 13.6. The standard InChI is InChI=1S/C14H15NO4/c1-19-10-2-3-11-9(8-10)4-7-15(11)12(16)14(5-6-14)13(17)18/h2-3,8H,4-7H2,1H3,(H,17,18). The van der Waals surface area contributed by atoms with Crippen molar-refractivity contribution < 1.29 is 19.4 Å². The van der Waals surface area contributed by atoms with Gasteiger partial charge in [-0.3, -0.25) is 9.59 Å². The lowest BCUT2D eigenvalue weighted by molar-refractivity contribution is -0.148. The molecule has 1 N–H and O–H groups in total. The van der Waals surface area contributed by atoms with Crippen molar-refractivity contribution >= 4 is 17.6 Å². The molecule has 1 aliphatic carbocycles. The summed E-state index contributed by atoms with van der Waals surface area (Å²) < 4.78 is 5.16. The Morgan fingerprint density at radius 2 is 2.11 bits per heavy atom. The topological polar surface area (TPSA) is 66.8 Å². The SMILES string of the molecule is COc1ccc2c(c1)CCN2C(=O)C1(C(=O)O)CC1. The highest BCUT2D eigenvalue weighted by Gasteiger charge is 2.59. The quantitative estimate of drug-likeness (QED) is 0.836. The minimum Gasteiger partial charge on any atom is -0.497 e. The molecule has 1 aromatic rings. The smallest absolute Gasteiger partial charge is 0.319 e. The van der Waals surface area contributed by atoms with Gasteiger partial charge in [0.2, 0.25) is 5.91 Å². The molecule has 5 heteroatoms. The third-order valence-electron chi connectivity index (χ3n) is 4.00. The lowest BCUT2D eigenvalue weighted by Crippen LogP contribution is -2.40. The van der Waals surface area contributed by atoms with Gasteiger partial charge in [-0.05, 0) is 43.0 Å². The van der Waals surface area contributed by atoms with Crippen molar-refractivity contribution in [3.8, 4) is 5.75 Å². The predicted octanol–water partition coefficient (Wildman–Crippen LogP) is 1.45. The van der Waals surface area contributed by atoms with E-state index in [2.05, 4.69) is 0 Å². The molecule has 1 amide bonds. The molecule has 100 valence electrons. The maximum Gasteiger partial charge on any atom is 0.319 e. The van der Waals surface area contributed by atoms with Gasteiger partial charge in [-0.1, -0.05) is 0 Å². The minimum atomic E-state index is -1.17. The van der Waals surface area contributed by atoms with Gasteiger partial charge in [0.25, 0.3) is 0 Å². The van der Waals surface area contributed by atoms with Crippen LogP contribution in [-0.4, -0.2) is 30.6 Å². The zero-order valence-corrected chi connectivity index (χ0v) is 10.7.